The highest BCUT2D eigenvalue weighted by Crippen LogP contribution is 2.23. The zero-order chi connectivity index (χ0) is 17.4. The minimum absolute atomic E-state index is 0.224. The molecule has 2 aromatic carbocycles. The molecule has 0 bridgehead atoms. The van der Waals surface area contributed by atoms with E-state index >= 15 is 0 Å². The minimum Gasteiger partial charge on any atom is -0.451 e. The molecule has 0 atom stereocenters. The third-order valence-corrected chi connectivity index (χ3v) is 5.07. The highest BCUT2D eigenvalue weighted by Gasteiger charge is 2.13. The first-order chi connectivity index (χ1) is 12.2. The number of aromatic nitrogens is 1. The van der Waals surface area contributed by atoms with Crippen LogP contribution in [-0.4, -0.2) is 10.5 Å². The molecule has 0 radical (unpaired) electrons. The summed E-state index contributed by atoms with van der Waals surface area (Å²) in [6.07, 6.45) is 1.77. The van der Waals surface area contributed by atoms with Gasteiger partial charge in [0.1, 0.15) is 5.58 Å². The molecular weight excluding hydrogens is 356 g/mol. The fraction of sp³-hybridized carbons (Fsp3) is 0.0526. The number of rotatable bonds is 3. The average Bonchev–Trinajstić information content (AvgIpc) is 3.17. The predicted octanol–water partition coefficient (Wildman–Crippen LogP) is 5.03. The fourth-order valence-electron chi connectivity index (χ4n) is 2.67. The van der Waals surface area contributed by atoms with Gasteiger partial charge in [-0.25, -0.2) is 0 Å². The lowest BCUT2D eigenvalue weighted by molar-refractivity contribution is 0.0973. The van der Waals surface area contributed by atoms with Crippen LogP contribution in [0.2, 0.25) is 5.02 Å². The van der Waals surface area contributed by atoms with Crippen LogP contribution < -0.4 is 4.80 Å². The number of hydrogen-bond donors (Lipinski definition) is 0. The van der Waals surface area contributed by atoms with Gasteiger partial charge in [0.05, 0.1) is 10.2 Å². The van der Waals surface area contributed by atoms with Crippen LogP contribution in [0.25, 0.3) is 21.2 Å². The van der Waals surface area contributed by atoms with Crippen LogP contribution in [0.15, 0.2) is 70.6 Å². The Morgan fingerprint density at radius 3 is 2.92 bits per heavy atom. The van der Waals surface area contributed by atoms with Crippen molar-refractivity contribution in [3.63, 3.8) is 0 Å². The monoisotopic (exact) mass is 368 g/mol. The van der Waals surface area contributed by atoms with Crippen LogP contribution in [0.5, 0.6) is 0 Å². The first kappa shape index (κ1) is 15.9. The van der Waals surface area contributed by atoms with Crippen molar-refractivity contribution in [3.8, 4) is 0 Å². The third-order valence-electron chi connectivity index (χ3n) is 3.79. The molecule has 4 rings (SSSR count). The van der Waals surface area contributed by atoms with Crippen molar-refractivity contribution in [1.29, 1.82) is 0 Å². The van der Waals surface area contributed by atoms with Crippen molar-refractivity contribution >= 4 is 50.0 Å². The van der Waals surface area contributed by atoms with E-state index in [0.29, 0.717) is 22.0 Å². The van der Waals surface area contributed by atoms with Crippen LogP contribution in [0.3, 0.4) is 0 Å². The van der Waals surface area contributed by atoms with Crippen LogP contribution in [0.1, 0.15) is 10.6 Å². The van der Waals surface area contributed by atoms with E-state index in [0.717, 1.165) is 15.6 Å². The summed E-state index contributed by atoms with van der Waals surface area (Å²) in [4.78, 5) is 17.4. The van der Waals surface area contributed by atoms with Gasteiger partial charge in [-0.15, -0.1) is 6.58 Å². The molecule has 1 amide bonds. The Kier molecular flexibility index (Phi) is 4.03. The number of fused-ring (bicyclic) bond motifs is 2. The zero-order valence-corrected chi connectivity index (χ0v) is 14.7. The number of nitrogens with zero attached hydrogens (tertiary/aromatic N) is 2. The molecule has 0 aliphatic carbocycles. The summed E-state index contributed by atoms with van der Waals surface area (Å²) in [5.74, 6) is -0.187. The van der Waals surface area contributed by atoms with E-state index in [4.69, 9.17) is 16.0 Å². The topological polar surface area (TPSA) is 47.5 Å². The first-order valence-corrected chi connectivity index (χ1v) is 8.82. The second-order valence-electron chi connectivity index (χ2n) is 5.46. The number of thiazole rings is 1. The van der Waals surface area contributed by atoms with Crippen molar-refractivity contribution in [2.75, 3.05) is 0 Å². The molecule has 0 aliphatic heterocycles. The van der Waals surface area contributed by atoms with E-state index in [1.54, 1.807) is 12.1 Å². The first-order valence-electron chi connectivity index (χ1n) is 7.63. The number of carbonyl (C=O) groups excluding carboxylic acids is 1. The third kappa shape index (κ3) is 2.92. The molecule has 0 fully saturated rings. The number of allylic oxidation sites excluding steroid dienone is 1. The van der Waals surface area contributed by atoms with Crippen LogP contribution in [-0.2, 0) is 6.54 Å². The molecule has 0 saturated heterocycles. The van der Waals surface area contributed by atoms with Gasteiger partial charge >= 0.3 is 5.91 Å². The quantitative estimate of drug-likeness (QED) is 0.476. The van der Waals surface area contributed by atoms with Gasteiger partial charge in [0.2, 0.25) is 0 Å². The summed E-state index contributed by atoms with van der Waals surface area (Å²) >= 11 is 7.48. The zero-order valence-electron chi connectivity index (χ0n) is 13.1. The minimum atomic E-state index is -0.410. The highest BCUT2D eigenvalue weighted by molar-refractivity contribution is 7.16. The standard InChI is InChI=1S/C19H13ClN2O2S/c1-2-9-22-14-8-7-13(20)11-17(14)25-19(22)21-18(23)16-10-12-5-3-4-6-15(12)24-16/h2-8,10-11H,1,9H2. The van der Waals surface area contributed by atoms with Crippen LogP contribution in [0, 0.1) is 0 Å². The van der Waals surface area contributed by atoms with Crippen molar-refractivity contribution in [3.05, 3.63) is 76.8 Å². The molecule has 0 spiro atoms. The van der Waals surface area contributed by atoms with E-state index in [-0.39, 0.29) is 5.76 Å². The molecule has 2 aromatic heterocycles. The van der Waals surface area contributed by atoms with Gasteiger partial charge in [0, 0.05) is 17.0 Å². The number of halogens is 1. The highest BCUT2D eigenvalue weighted by atomic mass is 35.5. The molecular formula is C19H13ClN2O2S. The second-order valence-corrected chi connectivity index (χ2v) is 6.91. The Bertz CT molecular complexity index is 1150. The number of carbonyl (C=O) groups is 1. The maximum Gasteiger partial charge on any atom is 0.315 e. The summed E-state index contributed by atoms with van der Waals surface area (Å²) in [6.45, 7) is 4.33. The lowest BCUT2D eigenvalue weighted by Crippen LogP contribution is -2.16. The Labute approximate surface area is 152 Å². The van der Waals surface area contributed by atoms with E-state index in [2.05, 4.69) is 11.6 Å². The summed E-state index contributed by atoms with van der Waals surface area (Å²) in [5, 5.41) is 1.53. The average molecular weight is 369 g/mol. The number of para-hydroxylation sites is 1. The van der Waals surface area contributed by atoms with Gasteiger partial charge < -0.3 is 8.98 Å². The molecule has 4 aromatic rings. The van der Waals surface area contributed by atoms with Crippen molar-refractivity contribution in [1.82, 2.24) is 4.57 Å². The number of amides is 1. The smallest absolute Gasteiger partial charge is 0.315 e. The molecule has 0 unspecified atom stereocenters. The number of benzene rings is 2. The maximum atomic E-state index is 12.6. The fourth-order valence-corrected chi connectivity index (χ4v) is 3.98. The van der Waals surface area contributed by atoms with Crippen molar-refractivity contribution in [2.45, 2.75) is 6.54 Å². The summed E-state index contributed by atoms with van der Waals surface area (Å²) in [5.41, 5.74) is 1.63. The molecule has 0 aliphatic rings. The van der Waals surface area contributed by atoms with Gasteiger partial charge in [-0.05, 0) is 30.3 Å². The summed E-state index contributed by atoms with van der Waals surface area (Å²) < 4.78 is 8.50. The molecule has 0 N–H and O–H groups in total. The maximum absolute atomic E-state index is 12.6. The van der Waals surface area contributed by atoms with E-state index in [1.807, 2.05) is 47.0 Å². The lowest BCUT2D eigenvalue weighted by Gasteiger charge is -2.00. The molecule has 124 valence electrons. The van der Waals surface area contributed by atoms with E-state index in [9.17, 15) is 4.79 Å². The van der Waals surface area contributed by atoms with E-state index < -0.39 is 5.91 Å². The van der Waals surface area contributed by atoms with Gasteiger partial charge in [-0.3, -0.25) is 4.79 Å². The van der Waals surface area contributed by atoms with Gasteiger partial charge in [0.15, 0.2) is 10.6 Å². The van der Waals surface area contributed by atoms with Gasteiger partial charge in [-0.1, -0.05) is 47.2 Å². The normalized spacial score (nSPS) is 12.1. The Morgan fingerprint density at radius 1 is 1.28 bits per heavy atom. The second kappa shape index (κ2) is 6.35. The number of hydrogen-bond acceptors (Lipinski definition) is 3. The predicted molar refractivity (Wildman–Crippen MR) is 101 cm³/mol. The van der Waals surface area contributed by atoms with Crippen molar-refractivity contribution in [2.24, 2.45) is 4.99 Å². The van der Waals surface area contributed by atoms with E-state index in [1.165, 1.54) is 11.3 Å². The molecule has 4 nitrogen and oxygen atoms in total. The Hall–Kier alpha value is -2.63. The van der Waals surface area contributed by atoms with Gasteiger partial charge in [-0.2, -0.15) is 4.99 Å². The molecule has 6 heteroatoms. The van der Waals surface area contributed by atoms with Crippen LogP contribution in [0.4, 0.5) is 0 Å². The lowest BCUT2D eigenvalue weighted by atomic mass is 10.2. The molecule has 0 saturated carbocycles. The summed E-state index contributed by atoms with van der Waals surface area (Å²) in [6, 6.07) is 14.8. The largest absolute Gasteiger partial charge is 0.451 e. The molecule has 25 heavy (non-hydrogen) atoms. The summed E-state index contributed by atoms with van der Waals surface area (Å²) in [7, 11) is 0. The molecule has 2 heterocycles. The Balaban J connectivity index is 1.85. The number of furan rings is 1. The SMILES string of the molecule is C=CCn1c(=NC(=O)c2cc3ccccc3o2)sc2cc(Cl)ccc21. The van der Waals surface area contributed by atoms with Gasteiger partial charge in [0.25, 0.3) is 0 Å². The van der Waals surface area contributed by atoms with Crippen molar-refractivity contribution < 1.29 is 9.21 Å². The van der Waals surface area contributed by atoms with Crippen LogP contribution >= 0.6 is 22.9 Å². The Morgan fingerprint density at radius 2 is 2.12 bits per heavy atom.